The molecule has 1 aromatic rings. The highest BCUT2D eigenvalue weighted by Gasteiger charge is 2.17. The molecule has 6 heteroatoms. The Morgan fingerprint density at radius 2 is 2.14 bits per heavy atom. The number of nitrogens with one attached hydrogen (secondary N) is 1. The molecule has 1 saturated carbocycles. The van der Waals surface area contributed by atoms with Crippen LogP contribution >= 0.6 is 0 Å². The minimum Gasteiger partial charge on any atom is -0.369 e. The Labute approximate surface area is 126 Å². The Balaban J connectivity index is 1.69. The molecular formula is C15H25N5O. The van der Waals surface area contributed by atoms with Crippen molar-refractivity contribution in [1.29, 1.82) is 0 Å². The molecule has 0 spiro atoms. The zero-order chi connectivity index (χ0) is 15.1. The second kappa shape index (κ2) is 7.93. The van der Waals surface area contributed by atoms with Gasteiger partial charge in [-0.15, -0.1) is 0 Å². The van der Waals surface area contributed by atoms with Gasteiger partial charge in [0.15, 0.2) is 0 Å². The van der Waals surface area contributed by atoms with Gasteiger partial charge in [-0.3, -0.25) is 9.78 Å². The highest BCUT2D eigenvalue weighted by atomic mass is 16.1. The average molecular weight is 291 g/mol. The number of hydrogen-bond donors (Lipinski definition) is 2. The van der Waals surface area contributed by atoms with E-state index in [1.54, 1.807) is 6.20 Å². The van der Waals surface area contributed by atoms with Gasteiger partial charge < -0.3 is 16.0 Å². The molecule has 2 rings (SSSR count). The summed E-state index contributed by atoms with van der Waals surface area (Å²) in [7, 11) is 2.21. The minimum atomic E-state index is -0.553. The number of nitrogens with two attached hydrogens (primary N) is 1. The summed E-state index contributed by atoms with van der Waals surface area (Å²) in [4.78, 5) is 21.6. The molecule has 1 aliphatic rings. The third-order valence-electron chi connectivity index (χ3n) is 4.08. The molecule has 0 radical (unpaired) electrons. The fourth-order valence-corrected chi connectivity index (χ4v) is 2.82. The first-order chi connectivity index (χ1) is 10.2. The van der Waals surface area contributed by atoms with Gasteiger partial charge in [-0.1, -0.05) is 19.3 Å². The third kappa shape index (κ3) is 4.97. The van der Waals surface area contributed by atoms with Crippen molar-refractivity contribution in [2.45, 2.75) is 44.6 Å². The third-order valence-corrected chi connectivity index (χ3v) is 4.08. The van der Waals surface area contributed by atoms with Gasteiger partial charge in [0.1, 0.15) is 11.5 Å². The van der Waals surface area contributed by atoms with Crippen LogP contribution in [0.15, 0.2) is 12.4 Å². The first-order valence-corrected chi connectivity index (χ1v) is 7.73. The van der Waals surface area contributed by atoms with Crippen molar-refractivity contribution in [1.82, 2.24) is 14.9 Å². The maximum absolute atomic E-state index is 11.0. The van der Waals surface area contributed by atoms with Gasteiger partial charge in [-0.2, -0.15) is 0 Å². The highest BCUT2D eigenvalue weighted by molar-refractivity contribution is 5.90. The Morgan fingerprint density at radius 3 is 2.86 bits per heavy atom. The molecule has 1 aliphatic carbocycles. The summed E-state index contributed by atoms with van der Waals surface area (Å²) in [6.45, 7) is 1.88. The lowest BCUT2D eigenvalue weighted by Gasteiger charge is -2.31. The maximum Gasteiger partial charge on any atom is 0.268 e. The lowest BCUT2D eigenvalue weighted by Crippen LogP contribution is -2.34. The summed E-state index contributed by atoms with van der Waals surface area (Å²) in [5, 5.41) is 3.19. The summed E-state index contributed by atoms with van der Waals surface area (Å²) in [5.74, 6) is 0.0507. The summed E-state index contributed by atoms with van der Waals surface area (Å²) in [6.07, 6.45) is 10.8. The average Bonchev–Trinajstić information content (AvgIpc) is 2.52. The maximum atomic E-state index is 11.0. The quantitative estimate of drug-likeness (QED) is 0.746. The van der Waals surface area contributed by atoms with Crippen molar-refractivity contribution >= 4 is 11.7 Å². The van der Waals surface area contributed by atoms with E-state index >= 15 is 0 Å². The van der Waals surface area contributed by atoms with Gasteiger partial charge in [0.25, 0.3) is 5.91 Å². The SMILES string of the molecule is CN(CCCNc1cncc(C(N)=O)n1)C1CCCCC1. The molecule has 0 unspecified atom stereocenters. The molecule has 1 amide bonds. The second-order valence-electron chi connectivity index (χ2n) is 5.71. The molecule has 0 aromatic carbocycles. The molecule has 0 bridgehead atoms. The molecule has 3 N–H and O–H groups in total. The van der Waals surface area contributed by atoms with Crippen LogP contribution in [0.4, 0.5) is 5.82 Å². The fourth-order valence-electron chi connectivity index (χ4n) is 2.82. The second-order valence-corrected chi connectivity index (χ2v) is 5.71. The van der Waals surface area contributed by atoms with Gasteiger partial charge >= 0.3 is 0 Å². The van der Waals surface area contributed by atoms with E-state index in [-0.39, 0.29) is 5.69 Å². The van der Waals surface area contributed by atoms with Crippen LogP contribution in [0.5, 0.6) is 0 Å². The van der Waals surface area contributed by atoms with Gasteiger partial charge in [-0.05, 0) is 32.9 Å². The molecule has 6 nitrogen and oxygen atoms in total. The Kier molecular flexibility index (Phi) is 5.92. The first-order valence-electron chi connectivity index (χ1n) is 7.73. The van der Waals surface area contributed by atoms with Crippen molar-refractivity contribution in [2.75, 3.05) is 25.5 Å². The summed E-state index contributed by atoms with van der Waals surface area (Å²) >= 11 is 0. The number of amides is 1. The molecule has 116 valence electrons. The van der Waals surface area contributed by atoms with Crippen molar-refractivity contribution in [3.63, 3.8) is 0 Å². The number of nitrogens with zero attached hydrogens (tertiary/aromatic N) is 3. The normalized spacial score (nSPS) is 16.1. The fraction of sp³-hybridized carbons (Fsp3) is 0.667. The summed E-state index contributed by atoms with van der Waals surface area (Å²) in [5.41, 5.74) is 5.38. The Morgan fingerprint density at radius 1 is 1.38 bits per heavy atom. The minimum absolute atomic E-state index is 0.194. The lowest BCUT2D eigenvalue weighted by molar-refractivity contribution is 0.0995. The standard InChI is InChI=1S/C15H25N5O/c1-20(12-6-3-2-4-7-12)9-5-8-18-14-11-17-10-13(19-14)15(16)21/h10-12H,2-9H2,1H3,(H2,16,21)(H,18,19). The van der Waals surface area contributed by atoms with Gasteiger partial charge in [0.05, 0.1) is 12.4 Å². The summed E-state index contributed by atoms with van der Waals surface area (Å²) in [6, 6.07) is 0.747. The van der Waals surface area contributed by atoms with Crippen LogP contribution in [-0.4, -0.2) is 47.0 Å². The van der Waals surface area contributed by atoms with E-state index < -0.39 is 5.91 Å². The zero-order valence-corrected chi connectivity index (χ0v) is 12.7. The van der Waals surface area contributed by atoms with Crippen LogP contribution < -0.4 is 11.1 Å². The predicted octanol–water partition coefficient (Wildman–Crippen LogP) is 1.64. The Bertz CT molecular complexity index is 459. The van der Waals surface area contributed by atoms with Crippen LogP contribution in [0.25, 0.3) is 0 Å². The molecule has 0 atom stereocenters. The number of anilines is 1. The Hall–Kier alpha value is -1.69. The van der Waals surface area contributed by atoms with E-state index in [0.29, 0.717) is 5.82 Å². The van der Waals surface area contributed by atoms with Crippen molar-refractivity contribution in [3.8, 4) is 0 Å². The highest BCUT2D eigenvalue weighted by Crippen LogP contribution is 2.21. The van der Waals surface area contributed by atoms with Crippen LogP contribution in [0.2, 0.25) is 0 Å². The van der Waals surface area contributed by atoms with E-state index in [9.17, 15) is 4.79 Å². The number of carbonyl (C=O) groups is 1. The van der Waals surface area contributed by atoms with Gasteiger partial charge in [0, 0.05) is 12.6 Å². The topological polar surface area (TPSA) is 84.1 Å². The molecule has 0 aliphatic heterocycles. The van der Waals surface area contributed by atoms with E-state index in [1.165, 1.54) is 38.3 Å². The van der Waals surface area contributed by atoms with E-state index in [0.717, 1.165) is 25.6 Å². The van der Waals surface area contributed by atoms with E-state index in [2.05, 4.69) is 27.2 Å². The van der Waals surface area contributed by atoms with Crippen molar-refractivity contribution < 1.29 is 4.79 Å². The largest absolute Gasteiger partial charge is 0.369 e. The number of hydrogen-bond acceptors (Lipinski definition) is 5. The predicted molar refractivity (Wildman–Crippen MR) is 83.2 cm³/mol. The van der Waals surface area contributed by atoms with E-state index in [4.69, 9.17) is 5.73 Å². The summed E-state index contributed by atoms with van der Waals surface area (Å²) < 4.78 is 0. The first kappa shape index (κ1) is 15.7. The van der Waals surface area contributed by atoms with Crippen LogP contribution in [0.1, 0.15) is 49.0 Å². The van der Waals surface area contributed by atoms with Crippen LogP contribution in [-0.2, 0) is 0 Å². The molecular weight excluding hydrogens is 266 g/mol. The molecule has 1 fully saturated rings. The number of rotatable bonds is 7. The number of aromatic nitrogens is 2. The number of primary amides is 1. The van der Waals surface area contributed by atoms with Crippen LogP contribution in [0.3, 0.4) is 0 Å². The van der Waals surface area contributed by atoms with Crippen LogP contribution in [0, 0.1) is 0 Å². The molecule has 0 saturated heterocycles. The monoisotopic (exact) mass is 291 g/mol. The van der Waals surface area contributed by atoms with Crippen molar-refractivity contribution in [3.05, 3.63) is 18.1 Å². The molecule has 1 heterocycles. The van der Waals surface area contributed by atoms with E-state index in [1.807, 2.05) is 0 Å². The zero-order valence-electron chi connectivity index (χ0n) is 12.7. The van der Waals surface area contributed by atoms with Gasteiger partial charge in [0.2, 0.25) is 0 Å². The van der Waals surface area contributed by atoms with Gasteiger partial charge in [-0.25, -0.2) is 4.98 Å². The lowest BCUT2D eigenvalue weighted by atomic mass is 9.94. The molecule has 1 aromatic heterocycles. The van der Waals surface area contributed by atoms with Crippen molar-refractivity contribution in [2.24, 2.45) is 5.73 Å². The smallest absolute Gasteiger partial charge is 0.268 e. The number of carbonyl (C=O) groups excluding carboxylic acids is 1. The molecule has 21 heavy (non-hydrogen) atoms.